The van der Waals surface area contributed by atoms with Gasteiger partial charge in [-0.3, -0.25) is 4.79 Å². The maximum Gasteiger partial charge on any atom is 0.185 e. The summed E-state index contributed by atoms with van der Waals surface area (Å²) in [6, 6.07) is 8.27. The first kappa shape index (κ1) is 21.8. The topological polar surface area (TPSA) is 168 Å². The van der Waals surface area contributed by atoms with Gasteiger partial charge in [0.15, 0.2) is 12.1 Å². The number of carbonyl (C=O) groups excluding carboxylic acids is 1. The van der Waals surface area contributed by atoms with E-state index in [1.165, 1.54) is 48.6 Å². The molecule has 1 aliphatic rings. The van der Waals surface area contributed by atoms with Crippen LogP contribution in [0.2, 0.25) is 0 Å². The molecule has 0 bridgehead atoms. The molecule has 0 amide bonds. The summed E-state index contributed by atoms with van der Waals surface area (Å²) in [5.41, 5.74) is 0.484. The van der Waals surface area contributed by atoms with Crippen molar-refractivity contribution in [3.63, 3.8) is 0 Å². The van der Waals surface area contributed by atoms with Crippen LogP contribution in [0.3, 0.4) is 0 Å². The lowest BCUT2D eigenvalue weighted by molar-refractivity contribution is -0.281. The van der Waals surface area contributed by atoms with Crippen LogP contribution in [0.15, 0.2) is 42.5 Å². The number of aliphatic hydroxyl groups is 4. The number of phenolic OH excluding ortho intramolecular Hbond substituents is 3. The minimum Gasteiger partial charge on any atom is -0.508 e. The number of hydrogen-bond donors (Lipinski definition) is 7. The molecule has 160 valence electrons. The van der Waals surface area contributed by atoms with E-state index in [9.17, 15) is 40.5 Å². The van der Waals surface area contributed by atoms with Gasteiger partial charge < -0.3 is 40.5 Å². The van der Waals surface area contributed by atoms with Crippen LogP contribution in [-0.4, -0.2) is 72.2 Å². The van der Waals surface area contributed by atoms with E-state index in [2.05, 4.69) is 0 Å². The monoisotopic (exact) mass is 418 g/mol. The van der Waals surface area contributed by atoms with Gasteiger partial charge in [-0.15, -0.1) is 0 Å². The number of aliphatic hydroxyl groups excluding tert-OH is 4. The second-order valence-electron chi connectivity index (χ2n) is 6.99. The van der Waals surface area contributed by atoms with Gasteiger partial charge in [0.2, 0.25) is 0 Å². The summed E-state index contributed by atoms with van der Waals surface area (Å²) >= 11 is 0. The minimum atomic E-state index is -1.75. The number of carbonyl (C=O) groups is 1. The minimum absolute atomic E-state index is 0.0197. The van der Waals surface area contributed by atoms with E-state index < -0.39 is 30.7 Å². The van der Waals surface area contributed by atoms with Crippen LogP contribution in [0, 0.1) is 0 Å². The molecule has 9 nitrogen and oxygen atoms in total. The van der Waals surface area contributed by atoms with Crippen LogP contribution in [0.4, 0.5) is 0 Å². The molecule has 0 saturated carbocycles. The molecule has 1 heterocycles. The normalized spacial score (nSPS) is 26.7. The van der Waals surface area contributed by atoms with E-state index in [0.29, 0.717) is 5.56 Å². The second kappa shape index (κ2) is 8.82. The molecule has 30 heavy (non-hydrogen) atoms. The maximum absolute atomic E-state index is 12.2. The lowest BCUT2D eigenvalue weighted by atomic mass is 9.92. The summed E-state index contributed by atoms with van der Waals surface area (Å²) < 4.78 is 5.08. The Bertz CT molecular complexity index is 938. The number of aromatic hydroxyl groups is 3. The number of allylic oxidation sites excluding steroid dienone is 1. The van der Waals surface area contributed by atoms with Crippen molar-refractivity contribution in [2.45, 2.75) is 37.1 Å². The quantitative estimate of drug-likeness (QED) is 0.262. The number of ketones is 1. The van der Waals surface area contributed by atoms with E-state index in [1.54, 1.807) is 0 Å². The highest BCUT2D eigenvalue weighted by Crippen LogP contribution is 2.35. The van der Waals surface area contributed by atoms with Crippen molar-refractivity contribution in [3.8, 4) is 17.2 Å². The number of hydrogen-bond acceptors (Lipinski definition) is 9. The Kier molecular flexibility index (Phi) is 6.40. The summed E-state index contributed by atoms with van der Waals surface area (Å²) in [7, 11) is 0. The Morgan fingerprint density at radius 1 is 0.900 bits per heavy atom. The number of ether oxygens (including phenoxy) is 1. The number of rotatable bonds is 5. The van der Waals surface area contributed by atoms with Gasteiger partial charge in [0.25, 0.3) is 0 Å². The Labute approximate surface area is 171 Å². The fourth-order valence-electron chi connectivity index (χ4n) is 3.17. The summed E-state index contributed by atoms with van der Waals surface area (Å²) in [6.07, 6.45) is -5.65. The van der Waals surface area contributed by atoms with Crippen molar-refractivity contribution < 1.29 is 45.3 Å². The van der Waals surface area contributed by atoms with Crippen molar-refractivity contribution in [1.29, 1.82) is 0 Å². The molecular weight excluding hydrogens is 396 g/mol. The third-order valence-electron chi connectivity index (χ3n) is 4.95. The van der Waals surface area contributed by atoms with Crippen molar-refractivity contribution in [1.82, 2.24) is 0 Å². The van der Waals surface area contributed by atoms with E-state index in [1.807, 2.05) is 0 Å². The molecule has 0 unspecified atom stereocenters. The highest BCUT2D eigenvalue weighted by atomic mass is 16.6. The molecule has 0 spiro atoms. The molecule has 2 aromatic rings. The highest BCUT2D eigenvalue weighted by molar-refractivity contribution is 6.07. The largest absolute Gasteiger partial charge is 0.508 e. The fraction of sp³-hybridized carbons (Fsp3) is 0.286. The van der Waals surface area contributed by atoms with E-state index in [-0.39, 0.29) is 40.6 Å². The zero-order valence-corrected chi connectivity index (χ0v) is 15.7. The summed E-state index contributed by atoms with van der Waals surface area (Å²) in [6.45, 7) is 0. The Balaban J connectivity index is 1.81. The van der Waals surface area contributed by atoms with Crippen molar-refractivity contribution in [3.05, 3.63) is 59.2 Å². The first-order valence-corrected chi connectivity index (χ1v) is 9.12. The van der Waals surface area contributed by atoms with Crippen LogP contribution >= 0.6 is 0 Å². The summed E-state index contributed by atoms with van der Waals surface area (Å²) in [5, 5.41) is 69.0. The molecular formula is C21H22O9. The second-order valence-corrected chi connectivity index (χ2v) is 6.99. The van der Waals surface area contributed by atoms with Gasteiger partial charge >= 0.3 is 0 Å². The molecule has 1 aliphatic heterocycles. The molecule has 0 radical (unpaired) electrons. The predicted molar refractivity (Wildman–Crippen MR) is 104 cm³/mol. The molecule has 3 rings (SSSR count). The van der Waals surface area contributed by atoms with Crippen LogP contribution in [0.1, 0.15) is 21.5 Å². The SMILES string of the molecule is O=C(C=Cc1ccc(O)c(C[C@H]2O[C@@H](O)[C@@H](O)[C@H](O)[C@@H]2O)c1O)c1ccc(O)cc1. The van der Waals surface area contributed by atoms with Crippen molar-refractivity contribution in [2.24, 2.45) is 0 Å². The smallest absolute Gasteiger partial charge is 0.185 e. The van der Waals surface area contributed by atoms with Crippen LogP contribution in [0.5, 0.6) is 17.2 Å². The lowest BCUT2D eigenvalue weighted by Gasteiger charge is -2.38. The molecule has 1 saturated heterocycles. The van der Waals surface area contributed by atoms with E-state index >= 15 is 0 Å². The Morgan fingerprint density at radius 3 is 2.23 bits per heavy atom. The van der Waals surface area contributed by atoms with Gasteiger partial charge in [-0.2, -0.15) is 0 Å². The first-order chi connectivity index (χ1) is 14.2. The highest BCUT2D eigenvalue weighted by Gasteiger charge is 2.43. The van der Waals surface area contributed by atoms with Crippen LogP contribution in [0.25, 0.3) is 6.08 Å². The Hall–Kier alpha value is -2.95. The standard InChI is InChI=1S/C21H22O9/c22-12-5-1-10(2-6-12)14(23)7-3-11-4-8-15(24)13(17(11)25)9-16-18(26)19(27)20(28)21(29)30-16/h1-8,16,18-22,24-29H,9H2/t16-,18-,19-,20+,21-/m1/s1. The van der Waals surface area contributed by atoms with Gasteiger partial charge in [0.05, 0.1) is 6.10 Å². The van der Waals surface area contributed by atoms with E-state index in [0.717, 1.165) is 0 Å². The van der Waals surface area contributed by atoms with Crippen molar-refractivity contribution in [2.75, 3.05) is 0 Å². The average Bonchev–Trinajstić information content (AvgIpc) is 2.72. The maximum atomic E-state index is 12.2. The molecule has 1 fully saturated rings. The van der Waals surface area contributed by atoms with Crippen molar-refractivity contribution >= 4 is 11.9 Å². The number of benzene rings is 2. The molecule has 0 aromatic heterocycles. The third-order valence-corrected chi connectivity index (χ3v) is 4.95. The molecule has 2 aromatic carbocycles. The summed E-state index contributed by atoms with van der Waals surface area (Å²) in [5.74, 6) is -1.06. The molecule has 0 aliphatic carbocycles. The summed E-state index contributed by atoms with van der Waals surface area (Å²) in [4.78, 5) is 12.2. The first-order valence-electron chi connectivity index (χ1n) is 9.12. The van der Waals surface area contributed by atoms with Crippen LogP contribution in [-0.2, 0) is 11.2 Å². The van der Waals surface area contributed by atoms with Gasteiger partial charge in [-0.25, -0.2) is 0 Å². The van der Waals surface area contributed by atoms with E-state index in [4.69, 9.17) is 4.74 Å². The van der Waals surface area contributed by atoms with Gasteiger partial charge in [-0.1, -0.05) is 0 Å². The number of phenols is 3. The van der Waals surface area contributed by atoms with Gasteiger partial charge in [0.1, 0.15) is 35.6 Å². The average molecular weight is 418 g/mol. The predicted octanol–water partition coefficient (Wildman–Crippen LogP) is 0.0419. The zero-order valence-electron chi connectivity index (χ0n) is 15.7. The lowest BCUT2D eigenvalue weighted by Crippen LogP contribution is -2.57. The van der Waals surface area contributed by atoms with Gasteiger partial charge in [-0.05, 0) is 48.6 Å². The van der Waals surface area contributed by atoms with Crippen LogP contribution < -0.4 is 0 Å². The molecule has 9 heteroatoms. The fourth-order valence-corrected chi connectivity index (χ4v) is 3.17. The van der Waals surface area contributed by atoms with Gasteiger partial charge in [0, 0.05) is 23.1 Å². The molecule has 7 N–H and O–H groups in total. The molecule has 5 atom stereocenters. The zero-order chi connectivity index (χ0) is 22.0. The third kappa shape index (κ3) is 4.45. The Morgan fingerprint density at radius 2 is 1.57 bits per heavy atom.